The number of carbonyl (C=O) groups is 1. The van der Waals surface area contributed by atoms with Gasteiger partial charge in [0.05, 0.1) is 6.33 Å². The van der Waals surface area contributed by atoms with Crippen molar-refractivity contribution in [2.45, 2.75) is 19.0 Å². The Morgan fingerprint density at radius 1 is 1.56 bits per heavy atom. The van der Waals surface area contributed by atoms with Crippen LogP contribution >= 0.6 is 0 Å². The molecule has 0 bridgehead atoms. The van der Waals surface area contributed by atoms with E-state index in [1.165, 1.54) is 0 Å². The van der Waals surface area contributed by atoms with Crippen molar-refractivity contribution in [3.8, 4) is 0 Å². The zero-order chi connectivity index (χ0) is 12.8. The molecule has 0 aromatic carbocycles. The molecular weight excluding hydrogens is 230 g/mol. The van der Waals surface area contributed by atoms with Crippen LogP contribution < -0.4 is 10.6 Å². The lowest BCUT2D eigenvalue weighted by atomic mass is 10.1. The summed E-state index contributed by atoms with van der Waals surface area (Å²) in [5.74, 6) is 0.102. The summed E-state index contributed by atoms with van der Waals surface area (Å²) in [7, 11) is 1.70. The fourth-order valence-corrected chi connectivity index (χ4v) is 2.31. The predicted molar refractivity (Wildman–Crippen MR) is 69.1 cm³/mol. The van der Waals surface area contributed by atoms with E-state index in [1.54, 1.807) is 13.2 Å². The van der Waals surface area contributed by atoms with Crippen molar-refractivity contribution in [3.05, 3.63) is 18.7 Å². The highest BCUT2D eigenvalue weighted by atomic mass is 16.2. The fraction of sp³-hybridized carbons (Fsp3) is 0.667. The molecule has 100 valence electrons. The van der Waals surface area contributed by atoms with E-state index in [9.17, 15) is 4.79 Å². The summed E-state index contributed by atoms with van der Waals surface area (Å²) in [4.78, 5) is 18.0. The maximum absolute atomic E-state index is 11.8. The number of amides is 1. The van der Waals surface area contributed by atoms with Crippen LogP contribution in [0.25, 0.3) is 0 Å². The van der Waals surface area contributed by atoms with Crippen LogP contribution in [0.2, 0.25) is 0 Å². The molecule has 1 saturated heterocycles. The van der Waals surface area contributed by atoms with Crippen LogP contribution in [-0.2, 0) is 11.3 Å². The molecular formula is C12H21N5O. The summed E-state index contributed by atoms with van der Waals surface area (Å²) in [5.41, 5.74) is 0. The van der Waals surface area contributed by atoms with Gasteiger partial charge in [0.15, 0.2) is 0 Å². The van der Waals surface area contributed by atoms with Crippen molar-refractivity contribution in [1.82, 2.24) is 25.1 Å². The van der Waals surface area contributed by atoms with Gasteiger partial charge < -0.3 is 15.2 Å². The van der Waals surface area contributed by atoms with E-state index in [-0.39, 0.29) is 11.9 Å². The van der Waals surface area contributed by atoms with Gasteiger partial charge in [0.1, 0.15) is 6.04 Å². The van der Waals surface area contributed by atoms with Crippen LogP contribution in [-0.4, -0.2) is 59.6 Å². The number of likely N-dealkylation sites (N-methyl/N-ethyl adjacent to an activating group) is 1. The molecule has 2 N–H and O–H groups in total. The van der Waals surface area contributed by atoms with Gasteiger partial charge in [-0.25, -0.2) is 4.98 Å². The van der Waals surface area contributed by atoms with E-state index in [2.05, 4.69) is 25.1 Å². The standard InChI is InChI=1S/C12H21N5O/c1-13-12(18)11-9-14-4-8-17(11)6-2-5-16-7-3-15-10-16/h3,7,10-11,14H,2,4-6,8-9H2,1H3,(H,13,18). The predicted octanol–water partition coefficient (Wildman–Crippen LogP) is -0.707. The Hall–Kier alpha value is -1.40. The quantitative estimate of drug-likeness (QED) is 0.726. The van der Waals surface area contributed by atoms with Crippen LogP contribution in [0, 0.1) is 0 Å². The minimum Gasteiger partial charge on any atom is -0.358 e. The molecule has 1 amide bonds. The first-order valence-corrected chi connectivity index (χ1v) is 6.43. The van der Waals surface area contributed by atoms with Gasteiger partial charge in [-0.3, -0.25) is 9.69 Å². The van der Waals surface area contributed by atoms with Crippen LogP contribution in [0.3, 0.4) is 0 Å². The Kier molecular flexibility index (Phi) is 4.72. The number of hydrogen-bond donors (Lipinski definition) is 2. The first-order valence-electron chi connectivity index (χ1n) is 6.43. The van der Waals surface area contributed by atoms with E-state index < -0.39 is 0 Å². The van der Waals surface area contributed by atoms with Gasteiger partial charge >= 0.3 is 0 Å². The number of imidazole rings is 1. The molecule has 1 aliphatic rings. The Balaban J connectivity index is 1.80. The second-order valence-electron chi connectivity index (χ2n) is 4.52. The molecule has 0 spiro atoms. The molecule has 0 saturated carbocycles. The van der Waals surface area contributed by atoms with E-state index in [4.69, 9.17) is 0 Å². The highest BCUT2D eigenvalue weighted by Gasteiger charge is 2.27. The Bertz CT molecular complexity index is 365. The summed E-state index contributed by atoms with van der Waals surface area (Å²) in [6.07, 6.45) is 6.62. The van der Waals surface area contributed by atoms with Gasteiger partial charge in [0.2, 0.25) is 5.91 Å². The van der Waals surface area contributed by atoms with Crippen molar-refractivity contribution in [1.29, 1.82) is 0 Å². The maximum Gasteiger partial charge on any atom is 0.238 e. The molecule has 2 heterocycles. The molecule has 6 heteroatoms. The minimum atomic E-state index is -0.0356. The zero-order valence-electron chi connectivity index (χ0n) is 10.8. The molecule has 1 atom stereocenters. The third-order valence-electron chi connectivity index (χ3n) is 3.32. The fourth-order valence-electron chi connectivity index (χ4n) is 2.31. The second-order valence-corrected chi connectivity index (χ2v) is 4.52. The van der Waals surface area contributed by atoms with Gasteiger partial charge in [-0.05, 0) is 6.42 Å². The highest BCUT2D eigenvalue weighted by molar-refractivity contribution is 5.81. The number of rotatable bonds is 5. The lowest BCUT2D eigenvalue weighted by Crippen LogP contribution is -2.57. The van der Waals surface area contributed by atoms with Crippen molar-refractivity contribution in [2.75, 3.05) is 33.2 Å². The Morgan fingerprint density at radius 3 is 3.17 bits per heavy atom. The van der Waals surface area contributed by atoms with Crippen LogP contribution in [0.4, 0.5) is 0 Å². The zero-order valence-corrected chi connectivity index (χ0v) is 10.8. The van der Waals surface area contributed by atoms with E-state index in [1.807, 2.05) is 12.5 Å². The molecule has 1 unspecified atom stereocenters. The minimum absolute atomic E-state index is 0.0356. The van der Waals surface area contributed by atoms with Gasteiger partial charge in [-0.15, -0.1) is 0 Å². The Labute approximate surface area is 107 Å². The van der Waals surface area contributed by atoms with E-state index in [0.717, 1.165) is 39.1 Å². The average Bonchev–Trinajstić information content (AvgIpc) is 2.92. The molecule has 2 rings (SSSR count). The van der Waals surface area contributed by atoms with E-state index in [0.29, 0.717) is 0 Å². The first kappa shape index (κ1) is 13.0. The van der Waals surface area contributed by atoms with E-state index >= 15 is 0 Å². The summed E-state index contributed by atoms with van der Waals surface area (Å²) in [6.45, 7) is 4.52. The lowest BCUT2D eigenvalue weighted by Gasteiger charge is -2.34. The molecule has 1 fully saturated rings. The maximum atomic E-state index is 11.8. The number of nitrogens with zero attached hydrogens (tertiary/aromatic N) is 3. The van der Waals surface area contributed by atoms with Gasteiger partial charge in [-0.1, -0.05) is 0 Å². The first-order chi connectivity index (χ1) is 8.81. The van der Waals surface area contributed by atoms with Crippen molar-refractivity contribution >= 4 is 5.91 Å². The van der Waals surface area contributed by atoms with Gasteiger partial charge in [-0.2, -0.15) is 0 Å². The highest BCUT2D eigenvalue weighted by Crippen LogP contribution is 2.05. The van der Waals surface area contributed by atoms with Crippen LogP contribution in [0.5, 0.6) is 0 Å². The third-order valence-corrected chi connectivity index (χ3v) is 3.32. The average molecular weight is 251 g/mol. The molecule has 6 nitrogen and oxygen atoms in total. The topological polar surface area (TPSA) is 62.2 Å². The molecule has 1 aliphatic heterocycles. The smallest absolute Gasteiger partial charge is 0.238 e. The number of aryl methyl sites for hydroxylation is 1. The summed E-state index contributed by atoms with van der Waals surface area (Å²) < 4.78 is 2.07. The van der Waals surface area contributed by atoms with Crippen molar-refractivity contribution in [2.24, 2.45) is 0 Å². The van der Waals surface area contributed by atoms with Crippen LogP contribution in [0.1, 0.15) is 6.42 Å². The van der Waals surface area contributed by atoms with Crippen molar-refractivity contribution < 1.29 is 4.79 Å². The van der Waals surface area contributed by atoms with Gasteiger partial charge in [0, 0.05) is 52.2 Å². The van der Waals surface area contributed by atoms with Gasteiger partial charge in [0.25, 0.3) is 0 Å². The largest absolute Gasteiger partial charge is 0.358 e. The number of hydrogen-bond acceptors (Lipinski definition) is 4. The number of nitrogens with one attached hydrogen (secondary N) is 2. The lowest BCUT2D eigenvalue weighted by molar-refractivity contribution is -0.126. The molecule has 0 radical (unpaired) electrons. The monoisotopic (exact) mass is 251 g/mol. The second kappa shape index (κ2) is 6.51. The summed E-state index contributed by atoms with van der Waals surface area (Å²) in [5, 5.41) is 6.00. The molecule has 1 aromatic heterocycles. The number of carbonyl (C=O) groups excluding carboxylic acids is 1. The third kappa shape index (κ3) is 3.30. The molecule has 18 heavy (non-hydrogen) atoms. The SMILES string of the molecule is CNC(=O)C1CNCCN1CCCn1ccnc1. The molecule has 1 aromatic rings. The normalized spacial score (nSPS) is 20.8. The molecule has 0 aliphatic carbocycles. The number of aromatic nitrogens is 2. The number of piperazine rings is 1. The summed E-state index contributed by atoms with van der Waals surface area (Å²) >= 11 is 0. The van der Waals surface area contributed by atoms with Crippen molar-refractivity contribution in [3.63, 3.8) is 0 Å². The summed E-state index contributed by atoms with van der Waals surface area (Å²) in [6, 6.07) is -0.0356. The Morgan fingerprint density at radius 2 is 2.44 bits per heavy atom. The van der Waals surface area contributed by atoms with Crippen LogP contribution in [0.15, 0.2) is 18.7 Å².